The van der Waals surface area contributed by atoms with Crippen molar-refractivity contribution in [1.29, 1.82) is 0 Å². The van der Waals surface area contributed by atoms with Gasteiger partial charge in [0.1, 0.15) is 0 Å². The van der Waals surface area contributed by atoms with Gasteiger partial charge in [-0.1, -0.05) is 17.7 Å². The Morgan fingerprint density at radius 1 is 1.33 bits per heavy atom. The molecule has 12 heavy (non-hydrogen) atoms. The zero-order valence-corrected chi connectivity index (χ0v) is 7.09. The maximum absolute atomic E-state index is 10.5. The van der Waals surface area contributed by atoms with Crippen molar-refractivity contribution in [2.75, 3.05) is 0 Å². The van der Waals surface area contributed by atoms with Crippen molar-refractivity contribution < 1.29 is 9.90 Å². The van der Waals surface area contributed by atoms with Crippen molar-refractivity contribution in [3.05, 3.63) is 42.3 Å². The van der Waals surface area contributed by atoms with E-state index in [2.05, 4.69) is 0 Å². The minimum atomic E-state index is -0.859. The van der Waals surface area contributed by atoms with E-state index in [9.17, 15) is 4.79 Å². The van der Waals surface area contributed by atoms with Gasteiger partial charge in [0.25, 0.3) is 0 Å². The van der Waals surface area contributed by atoms with Crippen LogP contribution in [0.1, 0.15) is 21.5 Å². The fourth-order valence-electron chi connectivity index (χ4n) is 1.05. The second kappa shape index (κ2) is 3.90. The highest BCUT2D eigenvalue weighted by Gasteiger charge is 2.04. The monoisotopic (exact) mass is 162 g/mol. The third-order valence-corrected chi connectivity index (χ3v) is 1.61. The summed E-state index contributed by atoms with van der Waals surface area (Å²) in [5.74, 6) is -0.859. The average Bonchev–Trinajstić information content (AvgIpc) is 1.85. The van der Waals surface area contributed by atoms with E-state index in [4.69, 9.17) is 5.11 Å². The van der Waals surface area contributed by atoms with Crippen molar-refractivity contribution in [1.82, 2.24) is 0 Å². The molecule has 0 aromatic heterocycles. The predicted octanol–water partition coefficient (Wildman–Crippen LogP) is 2.08. The molecular formula is C10H10O2. The third kappa shape index (κ3) is 2.09. The average molecular weight is 162 g/mol. The molecule has 62 valence electrons. The molecule has 0 aliphatic carbocycles. The summed E-state index contributed by atoms with van der Waals surface area (Å²) in [5.41, 5.74) is 2.29. The summed E-state index contributed by atoms with van der Waals surface area (Å²) in [5, 5.41) is 8.66. The molecule has 0 bridgehead atoms. The zero-order chi connectivity index (χ0) is 8.43. The summed E-state index contributed by atoms with van der Waals surface area (Å²) in [6.07, 6.45) is 0. The van der Waals surface area contributed by atoms with Crippen LogP contribution >= 0.6 is 0 Å². The Bertz CT molecular complexity index is 290. The van der Waals surface area contributed by atoms with Crippen LogP contribution in [0.15, 0.2) is 18.2 Å². The van der Waals surface area contributed by atoms with E-state index in [0.717, 1.165) is 11.1 Å². The molecule has 0 heterocycles. The summed E-state index contributed by atoms with van der Waals surface area (Å²) in [6, 6.07) is 5.30. The van der Waals surface area contributed by atoms with Gasteiger partial charge in [-0.3, -0.25) is 0 Å². The van der Waals surface area contributed by atoms with Gasteiger partial charge >= 0.3 is 5.97 Å². The summed E-state index contributed by atoms with van der Waals surface area (Å²) in [6.45, 7) is 3.75. The number of carbonyl (C=O) groups is 1. The van der Waals surface area contributed by atoms with E-state index in [1.807, 2.05) is 13.0 Å². The molecule has 1 rings (SSSR count). The van der Waals surface area contributed by atoms with Gasteiger partial charge in [-0.15, -0.1) is 0 Å². The number of aryl methyl sites for hydroxylation is 2. The highest BCUT2D eigenvalue weighted by atomic mass is 16.4. The summed E-state index contributed by atoms with van der Waals surface area (Å²) in [7, 11) is 0. The minimum Gasteiger partial charge on any atom is -0.478 e. The molecule has 0 saturated carbocycles. The maximum atomic E-state index is 10.5. The fraction of sp³-hybridized carbons (Fsp3) is 0.200. The van der Waals surface area contributed by atoms with Crippen LogP contribution in [0.4, 0.5) is 0 Å². The molecule has 0 amide bonds. The van der Waals surface area contributed by atoms with Gasteiger partial charge in [-0.05, 0) is 25.5 Å². The third-order valence-electron chi connectivity index (χ3n) is 1.61. The number of rotatable bonds is 1. The first-order valence-corrected chi connectivity index (χ1v) is 3.42. The molecule has 2 nitrogen and oxygen atoms in total. The van der Waals surface area contributed by atoms with Crippen molar-refractivity contribution >= 4 is 5.97 Å². The van der Waals surface area contributed by atoms with Crippen LogP contribution in [0.25, 0.3) is 0 Å². The normalized spacial score (nSPS) is 8.83. The van der Waals surface area contributed by atoms with Gasteiger partial charge in [-0.25, -0.2) is 4.79 Å². The van der Waals surface area contributed by atoms with Crippen LogP contribution in [0, 0.1) is 21.3 Å². The quantitative estimate of drug-likeness (QED) is 0.686. The SMILES string of the molecule is Cc1ccc(C(=O)O)c(C)c1.[C]. The standard InChI is InChI=1S/C9H10O2.C/c1-6-3-4-8(9(10)11)7(2)5-6;/h3-5H,1-2H3,(H,10,11);. The van der Waals surface area contributed by atoms with Crippen LogP contribution < -0.4 is 0 Å². The Labute approximate surface area is 72.9 Å². The summed E-state index contributed by atoms with van der Waals surface area (Å²) < 4.78 is 0. The lowest BCUT2D eigenvalue weighted by molar-refractivity contribution is 0.0696. The second-order valence-corrected chi connectivity index (χ2v) is 2.62. The summed E-state index contributed by atoms with van der Waals surface area (Å²) in [4.78, 5) is 10.5. The molecule has 0 saturated heterocycles. The van der Waals surface area contributed by atoms with E-state index in [1.54, 1.807) is 19.1 Å². The molecule has 0 aliphatic rings. The molecule has 0 aliphatic heterocycles. The minimum absolute atomic E-state index is 0. The Hall–Kier alpha value is -1.31. The van der Waals surface area contributed by atoms with Gasteiger partial charge < -0.3 is 5.11 Å². The lowest BCUT2D eigenvalue weighted by Gasteiger charge is -2.00. The fourth-order valence-corrected chi connectivity index (χ4v) is 1.05. The molecule has 0 fully saturated rings. The number of benzene rings is 1. The molecular weight excluding hydrogens is 152 g/mol. The molecule has 0 spiro atoms. The van der Waals surface area contributed by atoms with Crippen molar-refractivity contribution in [2.24, 2.45) is 0 Å². The van der Waals surface area contributed by atoms with Crippen LogP contribution in [-0.4, -0.2) is 11.1 Å². The first-order chi connectivity index (χ1) is 5.11. The Morgan fingerprint density at radius 2 is 1.92 bits per heavy atom. The van der Waals surface area contributed by atoms with Crippen LogP contribution in [0.2, 0.25) is 0 Å². The Balaban J connectivity index is 0.00000121. The van der Waals surface area contributed by atoms with Crippen molar-refractivity contribution in [3.63, 3.8) is 0 Å². The van der Waals surface area contributed by atoms with E-state index in [-0.39, 0.29) is 7.43 Å². The lowest BCUT2D eigenvalue weighted by atomic mass is 10.1. The van der Waals surface area contributed by atoms with Crippen molar-refractivity contribution in [3.8, 4) is 0 Å². The number of hydrogen-bond donors (Lipinski definition) is 1. The lowest BCUT2D eigenvalue weighted by Crippen LogP contribution is -1.99. The van der Waals surface area contributed by atoms with Gasteiger partial charge in [0, 0.05) is 7.43 Å². The van der Waals surface area contributed by atoms with Crippen LogP contribution in [-0.2, 0) is 0 Å². The largest absolute Gasteiger partial charge is 0.478 e. The Kier molecular flexibility index (Phi) is 3.48. The zero-order valence-electron chi connectivity index (χ0n) is 7.09. The van der Waals surface area contributed by atoms with Gasteiger partial charge in [0.05, 0.1) is 5.56 Å². The first kappa shape index (κ1) is 10.7. The number of aromatic carboxylic acids is 1. The molecule has 4 radical (unpaired) electrons. The number of carboxylic acids is 1. The maximum Gasteiger partial charge on any atom is 0.335 e. The molecule has 1 aromatic rings. The van der Waals surface area contributed by atoms with E-state index >= 15 is 0 Å². The molecule has 1 N–H and O–H groups in total. The van der Waals surface area contributed by atoms with Gasteiger partial charge in [0.15, 0.2) is 0 Å². The van der Waals surface area contributed by atoms with Crippen molar-refractivity contribution in [2.45, 2.75) is 13.8 Å². The second-order valence-electron chi connectivity index (χ2n) is 2.62. The van der Waals surface area contributed by atoms with E-state index < -0.39 is 5.97 Å². The van der Waals surface area contributed by atoms with E-state index in [0.29, 0.717) is 5.56 Å². The Morgan fingerprint density at radius 3 is 2.33 bits per heavy atom. The van der Waals surface area contributed by atoms with Gasteiger partial charge in [-0.2, -0.15) is 0 Å². The predicted molar refractivity (Wildman–Crippen MR) is 46.1 cm³/mol. The van der Waals surface area contributed by atoms with Gasteiger partial charge in [0.2, 0.25) is 0 Å². The molecule has 0 unspecified atom stereocenters. The van der Waals surface area contributed by atoms with E-state index in [1.165, 1.54) is 0 Å². The summed E-state index contributed by atoms with van der Waals surface area (Å²) >= 11 is 0. The molecule has 0 atom stereocenters. The highest BCUT2D eigenvalue weighted by molar-refractivity contribution is 5.89. The highest BCUT2D eigenvalue weighted by Crippen LogP contribution is 2.09. The van der Waals surface area contributed by atoms with Crippen LogP contribution in [0.3, 0.4) is 0 Å². The smallest absolute Gasteiger partial charge is 0.335 e. The first-order valence-electron chi connectivity index (χ1n) is 3.42. The van der Waals surface area contributed by atoms with Crippen LogP contribution in [0.5, 0.6) is 0 Å². The molecule has 2 heteroatoms. The molecule has 1 aromatic carbocycles. The number of hydrogen-bond acceptors (Lipinski definition) is 1. The topological polar surface area (TPSA) is 37.3 Å². The number of carboxylic acid groups (broad SMARTS) is 1.